The minimum Gasteiger partial charge on any atom is -0.454 e. The second-order valence-electron chi connectivity index (χ2n) is 3.80. The molecule has 1 amide bonds. The van der Waals surface area contributed by atoms with Crippen molar-refractivity contribution in [1.82, 2.24) is 5.32 Å². The van der Waals surface area contributed by atoms with E-state index in [4.69, 9.17) is 14.7 Å². The molecule has 5 heteroatoms. The van der Waals surface area contributed by atoms with Crippen LogP contribution in [0.25, 0.3) is 0 Å². The molecule has 88 valence electrons. The molecule has 1 aliphatic heterocycles. The van der Waals surface area contributed by atoms with Gasteiger partial charge >= 0.3 is 0 Å². The molecule has 0 saturated heterocycles. The molecule has 0 aliphatic carbocycles. The Morgan fingerprint density at radius 3 is 3.06 bits per heavy atom. The van der Waals surface area contributed by atoms with Crippen molar-refractivity contribution in [3.05, 3.63) is 23.8 Å². The van der Waals surface area contributed by atoms with Crippen molar-refractivity contribution in [2.75, 3.05) is 6.79 Å². The minimum atomic E-state index is -0.217. The Bertz CT molecular complexity index is 479. The maximum absolute atomic E-state index is 11.8. The summed E-state index contributed by atoms with van der Waals surface area (Å²) in [4.78, 5) is 11.8. The van der Waals surface area contributed by atoms with Crippen LogP contribution in [-0.4, -0.2) is 18.7 Å². The molecule has 1 aromatic carbocycles. The molecule has 5 nitrogen and oxygen atoms in total. The van der Waals surface area contributed by atoms with E-state index in [0.29, 0.717) is 17.1 Å². The summed E-state index contributed by atoms with van der Waals surface area (Å²) < 4.78 is 10.3. The highest BCUT2D eigenvalue weighted by atomic mass is 16.7. The van der Waals surface area contributed by atoms with E-state index in [2.05, 4.69) is 5.32 Å². The number of nitriles is 1. The molecule has 0 spiro atoms. The number of hydrogen-bond acceptors (Lipinski definition) is 4. The van der Waals surface area contributed by atoms with E-state index in [1.54, 1.807) is 25.1 Å². The number of amides is 1. The molecule has 1 aromatic rings. The summed E-state index contributed by atoms with van der Waals surface area (Å²) in [7, 11) is 0. The lowest BCUT2D eigenvalue weighted by atomic mass is 10.1. The Labute approximate surface area is 98.9 Å². The average molecular weight is 232 g/mol. The fraction of sp³-hybridized carbons (Fsp3) is 0.333. The first-order valence-electron chi connectivity index (χ1n) is 5.28. The van der Waals surface area contributed by atoms with Crippen LogP contribution < -0.4 is 14.8 Å². The maximum atomic E-state index is 11.8. The number of hydrogen-bond donors (Lipinski definition) is 1. The van der Waals surface area contributed by atoms with Gasteiger partial charge in [0, 0.05) is 11.6 Å². The number of benzene rings is 1. The molecule has 0 fully saturated rings. The Kier molecular flexibility index (Phi) is 3.15. The van der Waals surface area contributed by atoms with Gasteiger partial charge in [0.15, 0.2) is 11.5 Å². The molecular weight excluding hydrogens is 220 g/mol. The minimum absolute atomic E-state index is 0.169. The van der Waals surface area contributed by atoms with Crippen LogP contribution in [0.5, 0.6) is 11.5 Å². The molecule has 0 radical (unpaired) electrons. The predicted octanol–water partition coefficient (Wildman–Crippen LogP) is 1.45. The summed E-state index contributed by atoms with van der Waals surface area (Å²) in [5, 5.41) is 11.2. The van der Waals surface area contributed by atoms with Gasteiger partial charge in [-0.25, -0.2) is 0 Å². The molecule has 1 N–H and O–H groups in total. The standard InChI is InChI=1S/C12H12N2O3/c1-8(4-5-13)14-12(15)9-2-3-10-11(6-9)17-7-16-10/h2-3,6,8H,4,7H2,1H3,(H,14,15). The third-order valence-electron chi connectivity index (χ3n) is 2.41. The van der Waals surface area contributed by atoms with Gasteiger partial charge in [-0.15, -0.1) is 0 Å². The van der Waals surface area contributed by atoms with Crippen LogP contribution in [-0.2, 0) is 0 Å². The normalized spacial score (nSPS) is 13.9. The van der Waals surface area contributed by atoms with Gasteiger partial charge in [-0.2, -0.15) is 5.26 Å². The molecular formula is C12H12N2O3. The first-order chi connectivity index (χ1) is 8.20. The number of carbonyl (C=O) groups excluding carboxylic acids is 1. The van der Waals surface area contributed by atoms with Crippen molar-refractivity contribution in [2.45, 2.75) is 19.4 Å². The summed E-state index contributed by atoms with van der Waals surface area (Å²) in [6, 6.07) is 6.84. The van der Waals surface area contributed by atoms with Crippen molar-refractivity contribution >= 4 is 5.91 Å². The topological polar surface area (TPSA) is 71.4 Å². The predicted molar refractivity (Wildman–Crippen MR) is 59.7 cm³/mol. The summed E-state index contributed by atoms with van der Waals surface area (Å²) in [5.74, 6) is 1.00. The Morgan fingerprint density at radius 1 is 1.53 bits per heavy atom. The fourth-order valence-corrected chi connectivity index (χ4v) is 1.53. The number of rotatable bonds is 3. The lowest BCUT2D eigenvalue weighted by Crippen LogP contribution is -2.32. The van der Waals surface area contributed by atoms with Gasteiger partial charge in [0.2, 0.25) is 6.79 Å². The quantitative estimate of drug-likeness (QED) is 0.856. The lowest BCUT2D eigenvalue weighted by Gasteiger charge is -2.10. The van der Waals surface area contributed by atoms with Crippen molar-refractivity contribution in [3.8, 4) is 17.6 Å². The number of nitrogens with one attached hydrogen (secondary N) is 1. The summed E-state index contributed by atoms with van der Waals surface area (Å²) in [6.45, 7) is 1.97. The highest BCUT2D eigenvalue weighted by Gasteiger charge is 2.16. The molecule has 0 bridgehead atoms. The van der Waals surface area contributed by atoms with E-state index in [9.17, 15) is 4.79 Å². The molecule has 1 heterocycles. The van der Waals surface area contributed by atoms with Gasteiger partial charge in [-0.05, 0) is 25.1 Å². The van der Waals surface area contributed by atoms with Crippen LogP contribution in [0, 0.1) is 11.3 Å². The van der Waals surface area contributed by atoms with E-state index in [1.807, 2.05) is 6.07 Å². The number of ether oxygens (including phenoxy) is 2. The zero-order valence-corrected chi connectivity index (χ0v) is 9.40. The van der Waals surface area contributed by atoms with Gasteiger partial charge < -0.3 is 14.8 Å². The van der Waals surface area contributed by atoms with Gasteiger partial charge in [0.05, 0.1) is 12.5 Å². The molecule has 1 atom stereocenters. The van der Waals surface area contributed by atoms with Gasteiger partial charge in [-0.3, -0.25) is 4.79 Å². The van der Waals surface area contributed by atoms with Crippen LogP contribution in [0.2, 0.25) is 0 Å². The molecule has 17 heavy (non-hydrogen) atoms. The van der Waals surface area contributed by atoms with E-state index < -0.39 is 0 Å². The van der Waals surface area contributed by atoms with Gasteiger partial charge in [-0.1, -0.05) is 0 Å². The first kappa shape index (κ1) is 11.3. The van der Waals surface area contributed by atoms with E-state index in [-0.39, 0.29) is 25.2 Å². The second kappa shape index (κ2) is 4.74. The lowest BCUT2D eigenvalue weighted by molar-refractivity contribution is 0.0940. The zero-order valence-electron chi connectivity index (χ0n) is 9.40. The van der Waals surface area contributed by atoms with Crippen molar-refractivity contribution < 1.29 is 14.3 Å². The second-order valence-corrected chi connectivity index (χ2v) is 3.80. The monoisotopic (exact) mass is 232 g/mol. The molecule has 0 aromatic heterocycles. The van der Waals surface area contributed by atoms with Crippen LogP contribution in [0.4, 0.5) is 0 Å². The van der Waals surface area contributed by atoms with Crippen molar-refractivity contribution in [3.63, 3.8) is 0 Å². The molecule has 1 unspecified atom stereocenters. The third kappa shape index (κ3) is 2.48. The molecule has 1 aliphatic rings. The number of nitrogens with zero attached hydrogens (tertiary/aromatic N) is 1. The van der Waals surface area contributed by atoms with E-state index in [1.165, 1.54) is 0 Å². The van der Waals surface area contributed by atoms with E-state index in [0.717, 1.165) is 0 Å². The SMILES string of the molecule is CC(CC#N)NC(=O)c1ccc2c(c1)OCO2. The van der Waals surface area contributed by atoms with Crippen LogP contribution in [0.1, 0.15) is 23.7 Å². The summed E-state index contributed by atoms with van der Waals surface area (Å²) in [5.41, 5.74) is 0.499. The van der Waals surface area contributed by atoms with Crippen LogP contribution in [0.15, 0.2) is 18.2 Å². The highest BCUT2D eigenvalue weighted by Crippen LogP contribution is 2.32. The summed E-state index contributed by atoms with van der Waals surface area (Å²) >= 11 is 0. The smallest absolute Gasteiger partial charge is 0.251 e. The number of carbonyl (C=O) groups is 1. The molecule has 0 saturated carbocycles. The van der Waals surface area contributed by atoms with Crippen molar-refractivity contribution in [2.24, 2.45) is 0 Å². The number of fused-ring (bicyclic) bond motifs is 1. The highest BCUT2D eigenvalue weighted by molar-refractivity contribution is 5.95. The third-order valence-corrected chi connectivity index (χ3v) is 2.41. The van der Waals surface area contributed by atoms with E-state index >= 15 is 0 Å². The average Bonchev–Trinajstić information content (AvgIpc) is 2.75. The van der Waals surface area contributed by atoms with Crippen LogP contribution >= 0.6 is 0 Å². The Morgan fingerprint density at radius 2 is 2.29 bits per heavy atom. The maximum Gasteiger partial charge on any atom is 0.251 e. The Hall–Kier alpha value is -2.22. The van der Waals surface area contributed by atoms with Gasteiger partial charge in [0.1, 0.15) is 0 Å². The molecule has 2 rings (SSSR count). The largest absolute Gasteiger partial charge is 0.454 e. The van der Waals surface area contributed by atoms with Crippen LogP contribution in [0.3, 0.4) is 0 Å². The fourth-order valence-electron chi connectivity index (χ4n) is 1.53. The summed E-state index contributed by atoms with van der Waals surface area (Å²) in [6.07, 6.45) is 0.288. The van der Waals surface area contributed by atoms with Gasteiger partial charge in [0.25, 0.3) is 5.91 Å². The van der Waals surface area contributed by atoms with Crippen molar-refractivity contribution in [1.29, 1.82) is 5.26 Å². The first-order valence-corrected chi connectivity index (χ1v) is 5.28. The zero-order chi connectivity index (χ0) is 12.3. The Balaban J connectivity index is 2.07.